The molecule has 1 aromatic carbocycles. The number of aliphatic hydroxyl groups excluding tert-OH is 2. The van der Waals surface area contributed by atoms with Gasteiger partial charge in [0.1, 0.15) is 0 Å². The third kappa shape index (κ3) is 7.90. The zero-order valence-corrected chi connectivity index (χ0v) is 17.8. The molecule has 156 valence electrons. The fourth-order valence-electron chi connectivity index (χ4n) is 4.07. The highest BCUT2D eigenvalue weighted by molar-refractivity contribution is 5.31. The van der Waals surface area contributed by atoms with Gasteiger partial charge in [0.2, 0.25) is 0 Å². The maximum atomic E-state index is 10.3. The first kappa shape index (κ1) is 22.9. The average molecular weight is 387 g/mol. The molecule has 1 saturated carbocycles. The second-order valence-electron chi connectivity index (χ2n) is 9.00. The van der Waals surface area contributed by atoms with E-state index in [1.807, 2.05) is 26.0 Å². The van der Waals surface area contributed by atoms with Crippen LogP contribution in [0.4, 0.5) is 0 Å². The average Bonchev–Trinajstić information content (AvgIpc) is 2.61. The van der Waals surface area contributed by atoms with Gasteiger partial charge in [-0.25, -0.2) is 0 Å². The number of aliphatic hydroxyl groups is 3. The van der Waals surface area contributed by atoms with E-state index >= 15 is 0 Å². The largest absolute Gasteiger partial charge is 0.393 e. The van der Waals surface area contributed by atoms with Crippen LogP contribution in [0.2, 0.25) is 0 Å². The Kier molecular flexibility index (Phi) is 8.94. The molecule has 28 heavy (non-hydrogen) atoms. The van der Waals surface area contributed by atoms with E-state index in [1.54, 1.807) is 0 Å². The molecule has 0 spiro atoms. The van der Waals surface area contributed by atoms with E-state index in [-0.39, 0.29) is 0 Å². The molecule has 3 heteroatoms. The van der Waals surface area contributed by atoms with Crippen molar-refractivity contribution >= 4 is 0 Å². The molecule has 0 aliphatic heterocycles. The SMILES string of the molecule is C[C@H](CCC/C=C/C=C1\C[C@@H](O)C[C@@H](O)C1)CCc1ccccc1C(C)(C)O. The van der Waals surface area contributed by atoms with Crippen molar-refractivity contribution in [2.45, 2.75) is 89.9 Å². The first-order valence-corrected chi connectivity index (χ1v) is 10.8. The summed E-state index contributed by atoms with van der Waals surface area (Å²) in [5, 5.41) is 29.8. The highest BCUT2D eigenvalue weighted by Gasteiger charge is 2.21. The minimum Gasteiger partial charge on any atom is -0.393 e. The summed E-state index contributed by atoms with van der Waals surface area (Å²) >= 11 is 0. The van der Waals surface area contributed by atoms with Crippen LogP contribution in [0.1, 0.15) is 76.8 Å². The number of rotatable bonds is 9. The quantitative estimate of drug-likeness (QED) is 0.521. The van der Waals surface area contributed by atoms with Crippen LogP contribution in [-0.2, 0) is 12.0 Å². The molecule has 1 aliphatic carbocycles. The fraction of sp³-hybridized carbons (Fsp3) is 0.600. The van der Waals surface area contributed by atoms with Gasteiger partial charge in [-0.2, -0.15) is 0 Å². The molecule has 2 rings (SSSR count). The van der Waals surface area contributed by atoms with Crippen molar-refractivity contribution in [1.82, 2.24) is 0 Å². The van der Waals surface area contributed by atoms with E-state index in [4.69, 9.17) is 0 Å². The van der Waals surface area contributed by atoms with Crippen LogP contribution in [-0.4, -0.2) is 27.5 Å². The van der Waals surface area contributed by atoms with Crippen LogP contribution in [0.3, 0.4) is 0 Å². The van der Waals surface area contributed by atoms with Gasteiger partial charge in [0.05, 0.1) is 17.8 Å². The van der Waals surface area contributed by atoms with Crippen LogP contribution in [0.15, 0.2) is 48.1 Å². The van der Waals surface area contributed by atoms with E-state index in [1.165, 1.54) is 18.4 Å². The van der Waals surface area contributed by atoms with Crippen molar-refractivity contribution in [2.24, 2.45) is 5.92 Å². The standard InChI is InChI=1S/C25H38O3/c1-19(14-15-21-12-8-9-13-24(21)25(2,3)28)10-6-4-5-7-11-20-16-22(26)18-23(27)17-20/h5,7-9,11-13,19,22-23,26-28H,4,6,10,14-18H2,1-3H3/b7-5+,20-11-/t19-,22+,23-/m1/s1. The van der Waals surface area contributed by atoms with E-state index in [2.05, 4.69) is 37.3 Å². The number of benzene rings is 1. The zero-order valence-electron chi connectivity index (χ0n) is 17.8. The molecule has 1 aromatic rings. The van der Waals surface area contributed by atoms with Gasteiger partial charge in [-0.05, 0) is 75.8 Å². The van der Waals surface area contributed by atoms with Gasteiger partial charge >= 0.3 is 0 Å². The lowest BCUT2D eigenvalue weighted by Crippen LogP contribution is -2.24. The van der Waals surface area contributed by atoms with Crippen LogP contribution in [0.5, 0.6) is 0 Å². The molecule has 0 radical (unpaired) electrons. The number of hydrogen-bond acceptors (Lipinski definition) is 3. The lowest BCUT2D eigenvalue weighted by Gasteiger charge is -2.24. The number of allylic oxidation sites excluding steroid dienone is 3. The van der Waals surface area contributed by atoms with Crippen molar-refractivity contribution in [2.75, 3.05) is 0 Å². The van der Waals surface area contributed by atoms with Crippen molar-refractivity contribution in [3.8, 4) is 0 Å². The maximum absolute atomic E-state index is 10.3. The molecular weight excluding hydrogens is 348 g/mol. The van der Waals surface area contributed by atoms with E-state index in [0.29, 0.717) is 25.2 Å². The zero-order chi connectivity index (χ0) is 20.6. The summed E-state index contributed by atoms with van der Waals surface area (Å²) in [6.07, 6.45) is 13.0. The highest BCUT2D eigenvalue weighted by Crippen LogP contribution is 2.26. The minimum absolute atomic E-state index is 0.397. The molecule has 3 N–H and O–H groups in total. The second-order valence-corrected chi connectivity index (χ2v) is 9.00. The Morgan fingerprint density at radius 1 is 1.11 bits per heavy atom. The predicted molar refractivity (Wildman–Crippen MR) is 116 cm³/mol. The van der Waals surface area contributed by atoms with E-state index in [0.717, 1.165) is 30.4 Å². The molecule has 3 nitrogen and oxygen atoms in total. The van der Waals surface area contributed by atoms with Crippen molar-refractivity contribution in [3.63, 3.8) is 0 Å². The number of unbranched alkanes of at least 4 members (excludes halogenated alkanes) is 1. The summed E-state index contributed by atoms with van der Waals surface area (Å²) < 4.78 is 0. The summed E-state index contributed by atoms with van der Waals surface area (Å²) in [6, 6.07) is 8.22. The molecule has 0 unspecified atom stereocenters. The molecule has 1 aliphatic rings. The fourth-order valence-corrected chi connectivity index (χ4v) is 4.07. The van der Waals surface area contributed by atoms with Gasteiger partial charge < -0.3 is 15.3 Å². The van der Waals surface area contributed by atoms with Crippen molar-refractivity contribution in [3.05, 3.63) is 59.2 Å². The number of aryl methyl sites for hydroxylation is 1. The number of hydrogen-bond donors (Lipinski definition) is 3. The molecule has 0 aromatic heterocycles. The van der Waals surface area contributed by atoms with Gasteiger partial charge in [-0.1, -0.05) is 61.4 Å². The minimum atomic E-state index is -0.788. The van der Waals surface area contributed by atoms with Crippen molar-refractivity contribution in [1.29, 1.82) is 0 Å². The lowest BCUT2D eigenvalue weighted by molar-refractivity contribution is 0.0609. The van der Waals surface area contributed by atoms with Crippen LogP contribution < -0.4 is 0 Å². The Balaban J connectivity index is 1.69. The Morgan fingerprint density at radius 3 is 2.46 bits per heavy atom. The lowest BCUT2D eigenvalue weighted by atomic mass is 9.88. The summed E-state index contributed by atoms with van der Waals surface area (Å²) in [5.41, 5.74) is 2.64. The van der Waals surface area contributed by atoms with E-state index < -0.39 is 17.8 Å². The molecule has 3 atom stereocenters. The maximum Gasteiger partial charge on any atom is 0.0843 e. The Morgan fingerprint density at radius 2 is 1.79 bits per heavy atom. The summed E-state index contributed by atoms with van der Waals surface area (Å²) in [4.78, 5) is 0. The van der Waals surface area contributed by atoms with Gasteiger partial charge in [-0.15, -0.1) is 0 Å². The molecule has 0 amide bonds. The summed E-state index contributed by atoms with van der Waals surface area (Å²) in [7, 11) is 0. The topological polar surface area (TPSA) is 60.7 Å². The van der Waals surface area contributed by atoms with Gasteiger partial charge in [0.15, 0.2) is 0 Å². The Hall–Kier alpha value is -1.42. The highest BCUT2D eigenvalue weighted by atomic mass is 16.3. The monoisotopic (exact) mass is 386 g/mol. The molecular formula is C25H38O3. The van der Waals surface area contributed by atoms with Gasteiger partial charge in [-0.3, -0.25) is 0 Å². The first-order chi connectivity index (χ1) is 13.3. The Bertz CT molecular complexity index is 642. The predicted octanol–water partition coefficient (Wildman–Crippen LogP) is 5.04. The van der Waals surface area contributed by atoms with Crippen LogP contribution in [0.25, 0.3) is 0 Å². The molecule has 1 fully saturated rings. The summed E-state index contributed by atoms with van der Waals surface area (Å²) in [6.45, 7) is 6.01. The third-order valence-corrected chi connectivity index (χ3v) is 5.66. The molecule has 0 bridgehead atoms. The summed E-state index contributed by atoms with van der Waals surface area (Å²) in [5.74, 6) is 0.658. The molecule has 0 saturated heterocycles. The third-order valence-electron chi connectivity index (χ3n) is 5.66. The van der Waals surface area contributed by atoms with Crippen LogP contribution >= 0.6 is 0 Å². The van der Waals surface area contributed by atoms with E-state index in [9.17, 15) is 15.3 Å². The Labute approximate surface area is 170 Å². The van der Waals surface area contributed by atoms with Crippen LogP contribution in [0, 0.1) is 5.92 Å². The normalized spacial score (nSPS) is 23.4. The van der Waals surface area contributed by atoms with Gasteiger partial charge in [0, 0.05) is 0 Å². The smallest absolute Gasteiger partial charge is 0.0843 e. The molecule has 0 heterocycles. The van der Waals surface area contributed by atoms with Crippen molar-refractivity contribution < 1.29 is 15.3 Å². The second kappa shape index (κ2) is 10.9. The first-order valence-electron chi connectivity index (χ1n) is 10.8. The van der Waals surface area contributed by atoms with Gasteiger partial charge in [0.25, 0.3) is 0 Å².